The molecule has 0 N–H and O–H groups in total. The van der Waals surface area contributed by atoms with E-state index >= 15 is 0 Å². The number of amides is 1. The fourth-order valence-corrected chi connectivity index (χ4v) is 1.84. The molecular formula is C15H22ClNO2. The van der Waals surface area contributed by atoms with Gasteiger partial charge in [0.2, 0.25) is 5.91 Å². The smallest absolute Gasteiger partial charge is 0.240 e. The van der Waals surface area contributed by atoms with Gasteiger partial charge in [-0.05, 0) is 30.5 Å². The van der Waals surface area contributed by atoms with Crippen LogP contribution in [0.5, 0.6) is 5.75 Å². The van der Waals surface area contributed by atoms with E-state index in [1.807, 2.05) is 18.2 Å². The second kappa shape index (κ2) is 7.39. The summed E-state index contributed by atoms with van der Waals surface area (Å²) in [7, 11) is 1.73. The molecule has 0 bridgehead atoms. The number of hydrogen-bond acceptors (Lipinski definition) is 2. The highest BCUT2D eigenvalue weighted by molar-refractivity contribution is 6.30. The highest BCUT2D eigenvalue weighted by Gasteiger charge is 2.14. The number of benzene rings is 1. The van der Waals surface area contributed by atoms with Crippen molar-refractivity contribution in [3.63, 3.8) is 0 Å². The van der Waals surface area contributed by atoms with E-state index in [-0.39, 0.29) is 5.91 Å². The Labute approximate surface area is 120 Å². The van der Waals surface area contributed by atoms with E-state index in [4.69, 9.17) is 16.3 Å². The summed E-state index contributed by atoms with van der Waals surface area (Å²) in [6.07, 6.45) is 0. The van der Waals surface area contributed by atoms with E-state index < -0.39 is 5.38 Å². The summed E-state index contributed by atoms with van der Waals surface area (Å²) >= 11 is 5.74. The van der Waals surface area contributed by atoms with Crippen LogP contribution in [0.4, 0.5) is 0 Å². The first-order chi connectivity index (χ1) is 8.91. The molecule has 1 aromatic carbocycles. The monoisotopic (exact) mass is 283 g/mol. The predicted molar refractivity (Wildman–Crippen MR) is 79.0 cm³/mol. The van der Waals surface area contributed by atoms with E-state index in [2.05, 4.69) is 19.9 Å². The van der Waals surface area contributed by atoms with Gasteiger partial charge in [-0.2, -0.15) is 0 Å². The van der Waals surface area contributed by atoms with Crippen LogP contribution in [0.25, 0.3) is 0 Å². The van der Waals surface area contributed by atoms with Crippen LogP contribution in [-0.2, 0) is 4.79 Å². The van der Waals surface area contributed by atoms with E-state index in [1.54, 1.807) is 18.9 Å². The van der Waals surface area contributed by atoms with Gasteiger partial charge < -0.3 is 9.64 Å². The summed E-state index contributed by atoms with van der Waals surface area (Å²) in [6.45, 7) is 6.96. The van der Waals surface area contributed by atoms with Gasteiger partial charge in [-0.25, -0.2) is 0 Å². The minimum absolute atomic E-state index is 0.0822. The molecule has 0 fully saturated rings. The largest absolute Gasteiger partial charge is 0.492 e. The Balaban J connectivity index is 2.45. The van der Waals surface area contributed by atoms with E-state index in [0.717, 1.165) is 5.75 Å². The molecule has 1 rings (SSSR count). The molecule has 1 amide bonds. The number of likely N-dealkylation sites (N-methyl/N-ethyl adjacent to an activating group) is 1. The predicted octanol–water partition coefficient (Wildman–Crippen LogP) is 3.27. The van der Waals surface area contributed by atoms with Gasteiger partial charge in [0.15, 0.2) is 0 Å². The Morgan fingerprint density at radius 1 is 1.37 bits per heavy atom. The molecule has 0 saturated heterocycles. The maximum absolute atomic E-state index is 11.6. The van der Waals surface area contributed by atoms with Crippen molar-refractivity contribution in [1.82, 2.24) is 4.90 Å². The Bertz CT molecular complexity index is 418. The molecule has 106 valence electrons. The Morgan fingerprint density at radius 2 is 2.05 bits per heavy atom. The third kappa shape index (κ3) is 5.11. The lowest BCUT2D eigenvalue weighted by Crippen LogP contribution is -2.35. The van der Waals surface area contributed by atoms with Crippen LogP contribution < -0.4 is 4.74 Å². The fourth-order valence-electron chi connectivity index (χ4n) is 1.68. The molecule has 0 aliphatic heterocycles. The zero-order chi connectivity index (χ0) is 14.4. The maximum Gasteiger partial charge on any atom is 0.240 e. The number of nitrogens with zero attached hydrogens (tertiary/aromatic N) is 1. The molecular weight excluding hydrogens is 262 g/mol. The summed E-state index contributed by atoms with van der Waals surface area (Å²) in [5.41, 5.74) is 1.25. The maximum atomic E-state index is 11.6. The SMILES string of the molecule is CC(Cl)C(=O)N(C)CCOc1cccc(C(C)C)c1. The van der Waals surface area contributed by atoms with Crippen molar-refractivity contribution in [3.05, 3.63) is 29.8 Å². The number of carbonyl (C=O) groups is 1. The second-order valence-electron chi connectivity index (χ2n) is 4.95. The molecule has 0 saturated carbocycles. The summed E-state index contributed by atoms with van der Waals surface area (Å²) in [6, 6.07) is 8.04. The Hall–Kier alpha value is -1.22. The summed E-state index contributed by atoms with van der Waals surface area (Å²) in [4.78, 5) is 13.2. The van der Waals surface area contributed by atoms with Crippen LogP contribution in [0.1, 0.15) is 32.3 Å². The standard InChI is InChI=1S/C15H22ClNO2/c1-11(2)13-6-5-7-14(10-13)19-9-8-17(4)15(18)12(3)16/h5-7,10-12H,8-9H2,1-4H3. The molecule has 1 atom stereocenters. The van der Waals surface area contributed by atoms with Gasteiger partial charge in [0.25, 0.3) is 0 Å². The van der Waals surface area contributed by atoms with Crippen LogP contribution in [0.3, 0.4) is 0 Å². The van der Waals surface area contributed by atoms with Crippen LogP contribution in [0.2, 0.25) is 0 Å². The van der Waals surface area contributed by atoms with Crippen molar-refractivity contribution >= 4 is 17.5 Å². The summed E-state index contributed by atoms with van der Waals surface area (Å²) in [5, 5.41) is -0.491. The molecule has 0 aliphatic rings. The van der Waals surface area contributed by atoms with Crippen molar-refractivity contribution in [2.75, 3.05) is 20.2 Å². The molecule has 0 radical (unpaired) electrons. The molecule has 1 aromatic rings. The highest BCUT2D eigenvalue weighted by atomic mass is 35.5. The average molecular weight is 284 g/mol. The van der Waals surface area contributed by atoms with Crippen LogP contribution in [0.15, 0.2) is 24.3 Å². The average Bonchev–Trinajstić information content (AvgIpc) is 2.37. The van der Waals surface area contributed by atoms with Crippen molar-refractivity contribution in [3.8, 4) is 5.75 Å². The van der Waals surface area contributed by atoms with Gasteiger partial charge in [0.1, 0.15) is 17.7 Å². The van der Waals surface area contributed by atoms with Crippen LogP contribution in [-0.4, -0.2) is 36.4 Å². The third-order valence-electron chi connectivity index (χ3n) is 2.94. The number of halogens is 1. The number of ether oxygens (including phenoxy) is 1. The first kappa shape index (κ1) is 15.8. The van der Waals surface area contributed by atoms with Crippen molar-refractivity contribution in [2.24, 2.45) is 0 Å². The topological polar surface area (TPSA) is 29.5 Å². The molecule has 0 aliphatic carbocycles. The van der Waals surface area contributed by atoms with Gasteiger partial charge in [0, 0.05) is 7.05 Å². The Morgan fingerprint density at radius 3 is 2.63 bits per heavy atom. The van der Waals surface area contributed by atoms with Gasteiger partial charge >= 0.3 is 0 Å². The molecule has 0 aromatic heterocycles. The molecule has 4 heteroatoms. The molecule has 19 heavy (non-hydrogen) atoms. The van der Waals surface area contributed by atoms with E-state index in [0.29, 0.717) is 19.1 Å². The van der Waals surface area contributed by atoms with E-state index in [1.165, 1.54) is 5.56 Å². The minimum atomic E-state index is -0.491. The number of hydrogen-bond donors (Lipinski definition) is 0. The van der Waals surface area contributed by atoms with Gasteiger partial charge in [0.05, 0.1) is 6.54 Å². The second-order valence-corrected chi connectivity index (χ2v) is 5.61. The van der Waals surface area contributed by atoms with Crippen LogP contribution >= 0.6 is 11.6 Å². The normalized spacial score (nSPS) is 12.3. The van der Waals surface area contributed by atoms with Crippen molar-refractivity contribution in [2.45, 2.75) is 32.1 Å². The molecule has 0 heterocycles. The first-order valence-corrected chi connectivity index (χ1v) is 6.97. The first-order valence-electron chi connectivity index (χ1n) is 6.53. The zero-order valence-corrected chi connectivity index (χ0v) is 12.8. The lowest BCUT2D eigenvalue weighted by molar-refractivity contribution is -0.129. The van der Waals surface area contributed by atoms with Crippen molar-refractivity contribution < 1.29 is 9.53 Å². The lowest BCUT2D eigenvalue weighted by Gasteiger charge is -2.18. The summed E-state index contributed by atoms with van der Waals surface area (Å²) < 4.78 is 5.66. The minimum Gasteiger partial charge on any atom is -0.492 e. The number of carbonyl (C=O) groups excluding carboxylic acids is 1. The van der Waals surface area contributed by atoms with Crippen LogP contribution in [0, 0.1) is 0 Å². The summed E-state index contributed by atoms with van der Waals surface area (Å²) in [5.74, 6) is 1.23. The zero-order valence-electron chi connectivity index (χ0n) is 12.0. The number of alkyl halides is 1. The van der Waals surface area contributed by atoms with Gasteiger partial charge in [-0.15, -0.1) is 11.6 Å². The van der Waals surface area contributed by atoms with E-state index in [9.17, 15) is 4.79 Å². The quantitative estimate of drug-likeness (QED) is 0.750. The Kier molecular flexibility index (Phi) is 6.16. The third-order valence-corrected chi connectivity index (χ3v) is 3.12. The lowest BCUT2D eigenvalue weighted by atomic mass is 10.0. The fraction of sp³-hybridized carbons (Fsp3) is 0.533. The highest BCUT2D eigenvalue weighted by Crippen LogP contribution is 2.20. The van der Waals surface area contributed by atoms with Gasteiger partial charge in [-0.3, -0.25) is 4.79 Å². The number of rotatable bonds is 6. The molecule has 0 spiro atoms. The van der Waals surface area contributed by atoms with Gasteiger partial charge in [-0.1, -0.05) is 26.0 Å². The molecule has 3 nitrogen and oxygen atoms in total. The molecule has 1 unspecified atom stereocenters. The van der Waals surface area contributed by atoms with Crippen molar-refractivity contribution in [1.29, 1.82) is 0 Å².